The van der Waals surface area contributed by atoms with Gasteiger partial charge in [-0.15, -0.1) is 0 Å². The second-order valence-electron chi connectivity index (χ2n) is 0.993. The van der Waals surface area contributed by atoms with Crippen LogP contribution >= 0.6 is 12.6 Å². The molecule has 0 saturated heterocycles. The number of rotatable bonds is 2. The average molecular weight is 108 g/mol. The van der Waals surface area contributed by atoms with Crippen LogP contribution in [0.1, 0.15) is 6.42 Å². The molecule has 0 rings (SSSR count). The topological polar surface area (TPSA) is 40.5 Å². The number of hydrogen-bond donors (Lipinski definition) is 3. The van der Waals surface area contributed by atoms with Gasteiger partial charge in [-0.05, 0) is 5.75 Å². The fourth-order valence-corrected chi connectivity index (χ4v) is 0.346. The smallest absolute Gasteiger partial charge is 0.152 e. The van der Waals surface area contributed by atoms with Crippen LogP contribution in [-0.4, -0.2) is 22.3 Å². The lowest BCUT2D eigenvalue weighted by atomic mass is 10.5. The first-order valence-electron chi connectivity index (χ1n) is 1.74. The van der Waals surface area contributed by atoms with E-state index in [2.05, 4.69) is 12.6 Å². The van der Waals surface area contributed by atoms with E-state index in [9.17, 15) is 0 Å². The van der Waals surface area contributed by atoms with E-state index in [1.54, 1.807) is 0 Å². The molecule has 0 heterocycles. The van der Waals surface area contributed by atoms with Crippen LogP contribution in [0.3, 0.4) is 0 Å². The molecule has 0 aliphatic carbocycles. The Bertz CT molecular complexity index is 30.0. The number of hydrogen-bond acceptors (Lipinski definition) is 3. The Kier molecular flexibility index (Phi) is 3.62. The van der Waals surface area contributed by atoms with Crippen LogP contribution in [0.4, 0.5) is 0 Å². The molecule has 6 heavy (non-hydrogen) atoms. The summed E-state index contributed by atoms with van der Waals surface area (Å²) in [5.41, 5.74) is 0. The molecule has 0 aromatic heterocycles. The number of thiol groups is 1. The van der Waals surface area contributed by atoms with Crippen LogP contribution in [0.25, 0.3) is 0 Å². The Morgan fingerprint density at radius 2 is 2.00 bits per heavy atom. The lowest BCUT2D eigenvalue weighted by Gasteiger charge is -1.94. The highest BCUT2D eigenvalue weighted by Crippen LogP contribution is 1.85. The van der Waals surface area contributed by atoms with Crippen LogP contribution in [-0.2, 0) is 0 Å². The van der Waals surface area contributed by atoms with Gasteiger partial charge in [0.05, 0.1) is 0 Å². The predicted molar refractivity (Wildman–Crippen MR) is 26.7 cm³/mol. The van der Waals surface area contributed by atoms with E-state index in [-0.39, 0.29) is 0 Å². The molecule has 0 unspecified atom stereocenters. The zero-order valence-electron chi connectivity index (χ0n) is 3.33. The van der Waals surface area contributed by atoms with Gasteiger partial charge in [-0.25, -0.2) is 0 Å². The summed E-state index contributed by atoms with van der Waals surface area (Å²) >= 11 is 3.74. The average Bonchev–Trinajstić information content (AvgIpc) is 1.35. The SMILES string of the molecule is OC(O)CCS. The van der Waals surface area contributed by atoms with Crippen molar-refractivity contribution in [2.75, 3.05) is 5.75 Å². The summed E-state index contributed by atoms with van der Waals surface area (Å²) < 4.78 is 0. The zero-order valence-corrected chi connectivity index (χ0v) is 4.23. The second kappa shape index (κ2) is 3.46. The van der Waals surface area contributed by atoms with Crippen molar-refractivity contribution in [2.24, 2.45) is 0 Å². The zero-order chi connectivity index (χ0) is 4.99. The van der Waals surface area contributed by atoms with Crippen molar-refractivity contribution in [2.45, 2.75) is 12.7 Å². The maximum atomic E-state index is 8.06. The third-order valence-electron chi connectivity index (χ3n) is 0.387. The van der Waals surface area contributed by atoms with Crippen molar-refractivity contribution in [1.82, 2.24) is 0 Å². The Hall–Kier alpha value is 0.270. The Morgan fingerprint density at radius 1 is 1.50 bits per heavy atom. The first kappa shape index (κ1) is 6.27. The summed E-state index contributed by atoms with van der Waals surface area (Å²) in [5.74, 6) is 0.525. The highest BCUT2D eigenvalue weighted by atomic mass is 32.1. The Balaban J connectivity index is 2.63. The molecule has 2 N–H and O–H groups in total. The standard InChI is InChI=1S/C3H8O2S/c4-3(5)1-2-6/h3-6H,1-2H2. The molecular weight excluding hydrogens is 100 g/mol. The summed E-state index contributed by atoms with van der Waals surface area (Å²) in [4.78, 5) is 0. The highest BCUT2D eigenvalue weighted by molar-refractivity contribution is 7.80. The fourth-order valence-electron chi connectivity index (χ4n) is 0.115. The van der Waals surface area contributed by atoms with Crippen molar-refractivity contribution in [3.05, 3.63) is 0 Å². The number of aliphatic hydroxyl groups excluding tert-OH is 1. The van der Waals surface area contributed by atoms with E-state index in [0.29, 0.717) is 12.2 Å². The van der Waals surface area contributed by atoms with Crippen molar-refractivity contribution >= 4 is 12.6 Å². The molecule has 38 valence electrons. The molecule has 0 spiro atoms. The lowest BCUT2D eigenvalue weighted by molar-refractivity contribution is -0.0403. The summed E-state index contributed by atoms with van der Waals surface area (Å²) in [6, 6.07) is 0. The lowest BCUT2D eigenvalue weighted by Crippen LogP contribution is -2.03. The van der Waals surface area contributed by atoms with E-state index in [1.165, 1.54) is 0 Å². The van der Waals surface area contributed by atoms with E-state index < -0.39 is 6.29 Å². The minimum Gasteiger partial charge on any atom is -0.368 e. The maximum Gasteiger partial charge on any atom is 0.152 e. The predicted octanol–water partition coefficient (Wildman–Crippen LogP) is -0.383. The van der Waals surface area contributed by atoms with Gasteiger partial charge in [0.15, 0.2) is 6.29 Å². The van der Waals surface area contributed by atoms with E-state index in [4.69, 9.17) is 10.2 Å². The van der Waals surface area contributed by atoms with Gasteiger partial charge in [0.1, 0.15) is 0 Å². The van der Waals surface area contributed by atoms with Gasteiger partial charge >= 0.3 is 0 Å². The molecule has 3 heteroatoms. The third-order valence-corrected chi connectivity index (χ3v) is 0.645. The fraction of sp³-hybridized carbons (Fsp3) is 1.00. The minimum atomic E-state index is -1.18. The van der Waals surface area contributed by atoms with Crippen molar-refractivity contribution in [1.29, 1.82) is 0 Å². The van der Waals surface area contributed by atoms with Crippen LogP contribution in [0.15, 0.2) is 0 Å². The molecule has 0 bridgehead atoms. The molecular formula is C3H8O2S. The van der Waals surface area contributed by atoms with Gasteiger partial charge in [0, 0.05) is 6.42 Å². The molecule has 0 aliphatic rings. The third kappa shape index (κ3) is 4.27. The summed E-state index contributed by atoms with van der Waals surface area (Å²) in [6.07, 6.45) is -0.828. The van der Waals surface area contributed by atoms with Gasteiger partial charge in [-0.3, -0.25) is 0 Å². The largest absolute Gasteiger partial charge is 0.368 e. The van der Waals surface area contributed by atoms with Gasteiger partial charge in [0.2, 0.25) is 0 Å². The second-order valence-corrected chi connectivity index (χ2v) is 1.44. The van der Waals surface area contributed by atoms with Crippen molar-refractivity contribution in [3.63, 3.8) is 0 Å². The highest BCUT2D eigenvalue weighted by Gasteiger charge is 1.89. The van der Waals surface area contributed by atoms with E-state index in [0.717, 1.165) is 0 Å². The summed E-state index contributed by atoms with van der Waals surface area (Å²) in [5, 5.41) is 16.1. The van der Waals surface area contributed by atoms with Crippen molar-refractivity contribution in [3.8, 4) is 0 Å². The molecule has 0 aromatic carbocycles. The first-order valence-corrected chi connectivity index (χ1v) is 2.37. The molecule has 0 aromatic rings. The van der Waals surface area contributed by atoms with Crippen molar-refractivity contribution < 1.29 is 10.2 Å². The Labute approximate surface area is 42.2 Å². The van der Waals surface area contributed by atoms with Gasteiger partial charge in [-0.2, -0.15) is 12.6 Å². The molecule has 2 nitrogen and oxygen atoms in total. The molecule has 0 atom stereocenters. The van der Waals surface area contributed by atoms with E-state index in [1.807, 2.05) is 0 Å². The quantitative estimate of drug-likeness (QED) is 0.333. The van der Waals surface area contributed by atoms with Crippen LogP contribution in [0, 0.1) is 0 Å². The van der Waals surface area contributed by atoms with E-state index >= 15 is 0 Å². The summed E-state index contributed by atoms with van der Waals surface area (Å²) in [7, 11) is 0. The van der Waals surface area contributed by atoms with Crippen LogP contribution < -0.4 is 0 Å². The van der Waals surface area contributed by atoms with Crippen LogP contribution in [0.2, 0.25) is 0 Å². The summed E-state index contributed by atoms with van der Waals surface area (Å²) in [6.45, 7) is 0. The maximum absolute atomic E-state index is 8.06. The van der Waals surface area contributed by atoms with Gasteiger partial charge < -0.3 is 10.2 Å². The monoisotopic (exact) mass is 108 g/mol. The van der Waals surface area contributed by atoms with Gasteiger partial charge in [0.25, 0.3) is 0 Å². The molecule has 0 saturated carbocycles. The molecule has 0 fully saturated rings. The first-order chi connectivity index (χ1) is 2.77. The van der Waals surface area contributed by atoms with Gasteiger partial charge in [-0.1, -0.05) is 0 Å². The molecule has 0 radical (unpaired) electrons. The minimum absolute atomic E-state index is 0.350. The van der Waals surface area contributed by atoms with Crippen LogP contribution in [0.5, 0.6) is 0 Å². The molecule has 0 amide bonds. The Morgan fingerprint density at radius 3 is 2.00 bits per heavy atom. The normalized spacial score (nSPS) is 10.0. The molecule has 0 aliphatic heterocycles. The number of aliphatic hydroxyl groups is 2.